The van der Waals surface area contributed by atoms with Gasteiger partial charge < -0.3 is 20.3 Å². The number of aromatic nitrogens is 4. The van der Waals surface area contributed by atoms with Crippen LogP contribution in [0.25, 0.3) is 5.82 Å². The van der Waals surface area contributed by atoms with Gasteiger partial charge >= 0.3 is 6.03 Å². The van der Waals surface area contributed by atoms with Crippen LogP contribution in [-0.4, -0.2) is 51.4 Å². The highest BCUT2D eigenvalue weighted by molar-refractivity contribution is 5.73. The van der Waals surface area contributed by atoms with Crippen LogP contribution >= 0.6 is 0 Å². The first-order chi connectivity index (χ1) is 15.1. The molecule has 1 aliphatic rings. The van der Waals surface area contributed by atoms with Gasteiger partial charge in [0.05, 0.1) is 12.7 Å². The fourth-order valence-corrected chi connectivity index (χ4v) is 3.48. The quantitative estimate of drug-likeness (QED) is 0.633. The third-order valence-electron chi connectivity index (χ3n) is 5.16. The number of carbonyl (C=O) groups is 1. The van der Waals surface area contributed by atoms with Crippen molar-refractivity contribution in [3.05, 3.63) is 66.0 Å². The second-order valence-corrected chi connectivity index (χ2v) is 7.56. The van der Waals surface area contributed by atoms with E-state index >= 15 is 0 Å². The van der Waals surface area contributed by atoms with Crippen LogP contribution < -0.4 is 15.5 Å². The van der Waals surface area contributed by atoms with Gasteiger partial charge in [-0.3, -0.25) is 4.57 Å². The minimum Gasteiger partial charge on any atom is -0.375 e. The summed E-state index contributed by atoms with van der Waals surface area (Å²) in [5.74, 6) is 2.57. The van der Waals surface area contributed by atoms with E-state index in [-0.39, 0.29) is 12.1 Å². The summed E-state index contributed by atoms with van der Waals surface area (Å²) < 4.78 is 7.47. The Morgan fingerprint density at radius 1 is 1.10 bits per heavy atom. The van der Waals surface area contributed by atoms with Crippen molar-refractivity contribution in [2.24, 2.45) is 0 Å². The number of carbonyl (C=O) groups excluding carboxylic acids is 1. The third-order valence-corrected chi connectivity index (χ3v) is 5.16. The van der Waals surface area contributed by atoms with E-state index in [1.807, 2.05) is 42.0 Å². The summed E-state index contributed by atoms with van der Waals surface area (Å²) in [5, 5.41) is 5.75. The summed E-state index contributed by atoms with van der Waals surface area (Å²) in [6, 6.07) is 7.56. The molecule has 4 heterocycles. The molecule has 3 aromatic rings. The van der Waals surface area contributed by atoms with Gasteiger partial charge in [-0.15, -0.1) is 0 Å². The molecule has 1 aliphatic heterocycles. The molecular formula is C22H27N7O2. The van der Waals surface area contributed by atoms with Crippen LogP contribution in [0.3, 0.4) is 0 Å². The van der Waals surface area contributed by atoms with Gasteiger partial charge in [-0.2, -0.15) is 0 Å². The van der Waals surface area contributed by atoms with Crippen LogP contribution in [0, 0.1) is 6.92 Å². The van der Waals surface area contributed by atoms with Crippen LogP contribution in [0.2, 0.25) is 0 Å². The molecule has 9 nitrogen and oxygen atoms in total. The first kappa shape index (κ1) is 20.8. The number of rotatable bonds is 6. The SMILES string of the molecule is Cc1nccn1-c1cc(CNC(=O)NCc2ccc(N3CCOC(C)C3)nc2)ccn1. The molecule has 162 valence electrons. The molecule has 31 heavy (non-hydrogen) atoms. The summed E-state index contributed by atoms with van der Waals surface area (Å²) >= 11 is 0. The van der Waals surface area contributed by atoms with Gasteiger partial charge in [0.1, 0.15) is 17.5 Å². The largest absolute Gasteiger partial charge is 0.375 e. The van der Waals surface area contributed by atoms with E-state index in [1.54, 1.807) is 18.6 Å². The predicted molar refractivity (Wildman–Crippen MR) is 117 cm³/mol. The minimum atomic E-state index is -0.233. The minimum absolute atomic E-state index is 0.209. The van der Waals surface area contributed by atoms with Crippen molar-refractivity contribution < 1.29 is 9.53 Å². The Morgan fingerprint density at radius 3 is 2.65 bits per heavy atom. The van der Waals surface area contributed by atoms with E-state index in [0.717, 1.165) is 41.7 Å². The zero-order valence-electron chi connectivity index (χ0n) is 17.8. The Morgan fingerprint density at radius 2 is 1.94 bits per heavy atom. The number of nitrogens with one attached hydrogen (secondary N) is 2. The zero-order chi connectivity index (χ0) is 21.6. The number of hydrogen-bond donors (Lipinski definition) is 2. The average molecular weight is 422 g/mol. The fraction of sp³-hybridized carbons (Fsp3) is 0.364. The number of urea groups is 1. The van der Waals surface area contributed by atoms with Crippen LogP contribution in [0.4, 0.5) is 10.6 Å². The molecule has 1 atom stereocenters. The van der Waals surface area contributed by atoms with E-state index in [9.17, 15) is 4.79 Å². The van der Waals surface area contributed by atoms with E-state index < -0.39 is 0 Å². The molecule has 4 rings (SSSR count). The standard InChI is InChI=1S/C22H27N7O2/c1-16-15-28(9-10-31-16)20-4-3-19(13-25-20)14-27-22(30)26-12-18-5-6-24-21(11-18)29-8-7-23-17(29)2/h3-8,11,13,16H,9-10,12,14-15H2,1-2H3,(H2,26,27,30). The topological polar surface area (TPSA) is 97.2 Å². The monoisotopic (exact) mass is 421 g/mol. The lowest BCUT2D eigenvalue weighted by Gasteiger charge is -2.32. The highest BCUT2D eigenvalue weighted by Gasteiger charge is 2.17. The maximum absolute atomic E-state index is 12.2. The number of anilines is 1. The van der Waals surface area contributed by atoms with E-state index in [2.05, 4.69) is 37.4 Å². The van der Waals surface area contributed by atoms with Gasteiger partial charge in [-0.25, -0.2) is 19.7 Å². The average Bonchev–Trinajstić information content (AvgIpc) is 3.23. The second-order valence-electron chi connectivity index (χ2n) is 7.56. The lowest BCUT2D eigenvalue weighted by Crippen LogP contribution is -2.41. The van der Waals surface area contributed by atoms with Crippen LogP contribution in [0.5, 0.6) is 0 Å². The fourth-order valence-electron chi connectivity index (χ4n) is 3.48. The number of imidazole rings is 1. The van der Waals surface area contributed by atoms with Gasteiger partial charge in [-0.1, -0.05) is 6.07 Å². The number of hydrogen-bond acceptors (Lipinski definition) is 6. The summed E-state index contributed by atoms with van der Waals surface area (Å²) in [6.07, 6.45) is 7.34. The molecule has 0 saturated carbocycles. The highest BCUT2D eigenvalue weighted by atomic mass is 16.5. The molecule has 3 aromatic heterocycles. The number of morpholine rings is 1. The third kappa shape index (κ3) is 5.37. The molecule has 1 fully saturated rings. The molecule has 1 saturated heterocycles. The molecule has 0 aliphatic carbocycles. The molecule has 2 N–H and O–H groups in total. The number of aryl methyl sites for hydroxylation is 1. The van der Waals surface area contributed by atoms with E-state index in [4.69, 9.17) is 4.74 Å². The van der Waals surface area contributed by atoms with Gasteiger partial charge in [0.2, 0.25) is 0 Å². The number of nitrogens with zero attached hydrogens (tertiary/aromatic N) is 5. The zero-order valence-corrected chi connectivity index (χ0v) is 17.8. The Hall–Kier alpha value is -3.46. The smallest absolute Gasteiger partial charge is 0.315 e. The number of ether oxygens (including phenoxy) is 1. The van der Waals surface area contributed by atoms with Crippen LogP contribution in [0.15, 0.2) is 49.1 Å². The van der Waals surface area contributed by atoms with Crippen molar-refractivity contribution in [3.8, 4) is 5.82 Å². The van der Waals surface area contributed by atoms with E-state index in [0.29, 0.717) is 19.7 Å². The van der Waals surface area contributed by atoms with Crippen molar-refractivity contribution in [3.63, 3.8) is 0 Å². The van der Waals surface area contributed by atoms with Crippen molar-refractivity contribution >= 4 is 11.8 Å². The Bertz CT molecular complexity index is 1020. The lowest BCUT2D eigenvalue weighted by atomic mass is 10.2. The molecule has 2 amide bonds. The Balaban J connectivity index is 1.26. The van der Waals surface area contributed by atoms with Crippen molar-refractivity contribution in [2.45, 2.75) is 33.0 Å². The van der Waals surface area contributed by atoms with Gasteiger partial charge in [0.15, 0.2) is 0 Å². The van der Waals surface area contributed by atoms with Crippen molar-refractivity contribution in [2.75, 3.05) is 24.6 Å². The van der Waals surface area contributed by atoms with Gasteiger partial charge in [0.25, 0.3) is 0 Å². The second kappa shape index (κ2) is 9.57. The lowest BCUT2D eigenvalue weighted by molar-refractivity contribution is 0.0529. The van der Waals surface area contributed by atoms with Crippen molar-refractivity contribution in [1.29, 1.82) is 0 Å². The molecule has 0 aromatic carbocycles. The molecule has 0 bridgehead atoms. The molecule has 1 unspecified atom stereocenters. The summed E-state index contributed by atoms with van der Waals surface area (Å²) in [4.78, 5) is 27.5. The Kier molecular flexibility index (Phi) is 6.42. The molecule has 9 heteroatoms. The van der Waals surface area contributed by atoms with Crippen LogP contribution in [-0.2, 0) is 17.8 Å². The first-order valence-electron chi connectivity index (χ1n) is 10.4. The van der Waals surface area contributed by atoms with E-state index in [1.165, 1.54) is 0 Å². The maximum atomic E-state index is 12.2. The number of amides is 2. The molecule has 0 spiro atoms. The Labute approximate surface area is 181 Å². The number of pyridine rings is 2. The van der Waals surface area contributed by atoms with Crippen molar-refractivity contribution in [1.82, 2.24) is 30.2 Å². The summed E-state index contributed by atoms with van der Waals surface area (Å²) in [6.45, 7) is 7.19. The predicted octanol–water partition coefficient (Wildman–Crippen LogP) is 2.20. The molecule has 0 radical (unpaired) electrons. The van der Waals surface area contributed by atoms with Gasteiger partial charge in [0, 0.05) is 51.0 Å². The first-order valence-corrected chi connectivity index (χ1v) is 10.4. The summed E-state index contributed by atoms with van der Waals surface area (Å²) in [5.41, 5.74) is 1.90. The molecular weight excluding hydrogens is 394 g/mol. The maximum Gasteiger partial charge on any atom is 0.315 e. The van der Waals surface area contributed by atoms with Crippen LogP contribution in [0.1, 0.15) is 23.9 Å². The highest BCUT2D eigenvalue weighted by Crippen LogP contribution is 2.15. The van der Waals surface area contributed by atoms with Gasteiger partial charge in [-0.05, 0) is 43.2 Å². The summed E-state index contributed by atoms with van der Waals surface area (Å²) in [7, 11) is 0. The normalized spacial score (nSPS) is 16.2.